The SMILES string of the molecule is NCc1ccc2[nH]cc(/C=C/C(=O)c3ccncc3)c2c1. The van der Waals surface area contributed by atoms with Crippen LogP contribution in [0.3, 0.4) is 0 Å². The van der Waals surface area contributed by atoms with Gasteiger partial charge in [-0.2, -0.15) is 0 Å². The number of fused-ring (bicyclic) bond motifs is 1. The Hall–Kier alpha value is -2.72. The summed E-state index contributed by atoms with van der Waals surface area (Å²) in [6, 6.07) is 9.44. The number of benzene rings is 1. The van der Waals surface area contributed by atoms with E-state index < -0.39 is 0 Å². The molecule has 104 valence electrons. The zero-order valence-corrected chi connectivity index (χ0v) is 11.4. The van der Waals surface area contributed by atoms with Crippen LogP contribution < -0.4 is 5.73 Å². The summed E-state index contributed by atoms with van der Waals surface area (Å²) in [4.78, 5) is 19.1. The van der Waals surface area contributed by atoms with Crippen LogP contribution in [0, 0.1) is 0 Å². The van der Waals surface area contributed by atoms with Crippen LogP contribution in [0.2, 0.25) is 0 Å². The average Bonchev–Trinajstić information content (AvgIpc) is 2.95. The van der Waals surface area contributed by atoms with E-state index in [1.54, 1.807) is 30.6 Å². The largest absolute Gasteiger partial charge is 0.361 e. The Balaban J connectivity index is 1.91. The van der Waals surface area contributed by atoms with Crippen molar-refractivity contribution < 1.29 is 4.79 Å². The van der Waals surface area contributed by atoms with E-state index in [1.807, 2.05) is 30.5 Å². The van der Waals surface area contributed by atoms with Crippen LogP contribution in [-0.2, 0) is 6.54 Å². The van der Waals surface area contributed by atoms with E-state index >= 15 is 0 Å². The van der Waals surface area contributed by atoms with Gasteiger partial charge in [0.15, 0.2) is 5.78 Å². The maximum atomic E-state index is 12.1. The van der Waals surface area contributed by atoms with E-state index in [9.17, 15) is 4.79 Å². The number of carbonyl (C=O) groups excluding carboxylic acids is 1. The third-order valence-corrected chi connectivity index (χ3v) is 3.39. The lowest BCUT2D eigenvalue weighted by atomic mass is 10.1. The number of ketones is 1. The van der Waals surface area contributed by atoms with Crippen molar-refractivity contribution in [2.45, 2.75) is 6.54 Å². The Bertz CT molecular complexity index is 803. The van der Waals surface area contributed by atoms with Gasteiger partial charge in [0, 0.05) is 41.6 Å². The van der Waals surface area contributed by atoms with E-state index in [4.69, 9.17) is 5.73 Å². The first-order valence-corrected chi connectivity index (χ1v) is 6.70. The highest BCUT2D eigenvalue weighted by atomic mass is 16.1. The number of pyridine rings is 1. The van der Waals surface area contributed by atoms with E-state index in [-0.39, 0.29) is 5.78 Å². The fourth-order valence-electron chi connectivity index (χ4n) is 2.23. The molecule has 1 aromatic carbocycles. The number of nitrogens with two attached hydrogens (primary N) is 1. The number of rotatable bonds is 4. The molecule has 0 fully saturated rings. The van der Waals surface area contributed by atoms with Crippen LogP contribution in [0.5, 0.6) is 0 Å². The van der Waals surface area contributed by atoms with Gasteiger partial charge in [0.2, 0.25) is 0 Å². The van der Waals surface area contributed by atoms with Gasteiger partial charge in [-0.25, -0.2) is 0 Å². The maximum Gasteiger partial charge on any atom is 0.185 e. The second-order valence-electron chi connectivity index (χ2n) is 4.76. The van der Waals surface area contributed by atoms with Crippen molar-refractivity contribution >= 4 is 22.8 Å². The summed E-state index contributed by atoms with van der Waals surface area (Å²) < 4.78 is 0. The predicted molar refractivity (Wildman–Crippen MR) is 83.8 cm³/mol. The van der Waals surface area contributed by atoms with Crippen LogP contribution in [0.4, 0.5) is 0 Å². The zero-order chi connectivity index (χ0) is 14.7. The summed E-state index contributed by atoms with van der Waals surface area (Å²) >= 11 is 0. The third kappa shape index (κ3) is 2.75. The topological polar surface area (TPSA) is 71.8 Å². The van der Waals surface area contributed by atoms with E-state index in [0.29, 0.717) is 12.1 Å². The van der Waals surface area contributed by atoms with E-state index in [2.05, 4.69) is 9.97 Å². The molecule has 0 radical (unpaired) electrons. The molecule has 0 aliphatic carbocycles. The van der Waals surface area contributed by atoms with Gasteiger partial charge in [-0.05, 0) is 47.5 Å². The summed E-state index contributed by atoms with van der Waals surface area (Å²) in [5, 5.41) is 1.07. The summed E-state index contributed by atoms with van der Waals surface area (Å²) in [6.45, 7) is 0.500. The summed E-state index contributed by atoms with van der Waals surface area (Å²) in [5.74, 6) is -0.0401. The number of carbonyl (C=O) groups is 1. The molecule has 3 rings (SSSR count). The normalized spacial score (nSPS) is 11.3. The fraction of sp³-hybridized carbons (Fsp3) is 0.0588. The Labute approximate surface area is 122 Å². The van der Waals surface area contributed by atoms with E-state index in [1.165, 1.54) is 0 Å². The molecule has 4 nitrogen and oxygen atoms in total. The number of allylic oxidation sites excluding steroid dienone is 1. The second kappa shape index (κ2) is 5.73. The molecule has 4 heteroatoms. The lowest BCUT2D eigenvalue weighted by Gasteiger charge is -1.98. The quantitative estimate of drug-likeness (QED) is 0.569. The molecule has 0 saturated carbocycles. The molecular weight excluding hydrogens is 262 g/mol. The van der Waals surface area contributed by atoms with Crippen molar-refractivity contribution in [2.24, 2.45) is 5.73 Å². The number of nitrogens with one attached hydrogen (secondary N) is 1. The number of hydrogen-bond acceptors (Lipinski definition) is 3. The van der Waals surface area contributed by atoms with Crippen molar-refractivity contribution in [3.05, 3.63) is 71.7 Å². The van der Waals surface area contributed by atoms with Gasteiger partial charge >= 0.3 is 0 Å². The molecular formula is C17H15N3O. The number of aromatic nitrogens is 2. The molecule has 0 aliphatic rings. The monoisotopic (exact) mass is 277 g/mol. The molecule has 2 heterocycles. The van der Waals surface area contributed by atoms with Crippen molar-refractivity contribution in [2.75, 3.05) is 0 Å². The molecule has 0 unspecified atom stereocenters. The van der Waals surface area contributed by atoms with Crippen LogP contribution >= 0.6 is 0 Å². The number of aromatic amines is 1. The average molecular weight is 277 g/mol. The van der Waals surface area contributed by atoms with Gasteiger partial charge in [0.25, 0.3) is 0 Å². The van der Waals surface area contributed by atoms with Gasteiger partial charge in [-0.15, -0.1) is 0 Å². The minimum Gasteiger partial charge on any atom is -0.361 e. The maximum absolute atomic E-state index is 12.1. The Morgan fingerprint density at radius 3 is 2.81 bits per heavy atom. The lowest BCUT2D eigenvalue weighted by Crippen LogP contribution is -1.95. The smallest absolute Gasteiger partial charge is 0.185 e. The summed E-state index contributed by atoms with van der Waals surface area (Å²) in [5.41, 5.74) is 9.37. The molecule has 2 aromatic heterocycles. The number of hydrogen-bond donors (Lipinski definition) is 2. The highest BCUT2D eigenvalue weighted by Crippen LogP contribution is 2.21. The molecule has 0 saturated heterocycles. The summed E-state index contributed by atoms with van der Waals surface area (Å²) in [6.07, 6.45) is 8.51. The van der Waals surface area contributed by atoms with Crippen molar-refractivity contribution in [1.82, 2.24) is 9.97 Å². The first kappa shape index (κ1) is 13.3. The summed E-state index contributed by atoms with van der Waals surface area (Å²) in [7, 11) is 0. The fourth-order valence-corrected chi connectivity index (χ4v) is 2.23. The molecule has 0 bridgehead atoms. The van der Waals surface area contributed by atoms with E-state index in [0.717, 1.165) is 22.0 Å². The first-order valence-electron chi connectivity index (χ1n) is 6.70. The van der Waals surface area contributed by atoms with Gasteiger partial charge < -0.3 is 10.7 Å². The minimum atomic E-state index is -0.0401. The van der Waals surface area contributed by atoms with Crippen LogP contribution in [-0.4, -0.2) is 15.8 Å². The third-order valence-electron chi connectivity index (χ3n) is 3.39. The number of H-pyrrole nitrogens is 1. The van der Waals surface area contributed by atoms with Gasteiger partial charge in [0.05, 0.1) is 0 Å². The molecule has 0 atom stereocenters. The minimum absolute atomic E-state index is 0.0401. The standard InChI is InChI=1S/C17H15N3O/c18-10-12-1-3-16-15(9-12)14(11-20-16)2-4-17(21)13-5-7-19-8-6-13/h1-9,11,20H,10,18H2/b4-2+. The molecule has 21 heavy (non-hydrogen) atoms. The van der Waals surface area contributed by atoms with Gasteiger partial charge in [-0.3, -0.25) is 9.78 Å². The molecule has 3 aromatic rings. The molecule has 3 N–H and O–H groups in total. The van der Waals surface area contributed by atoms with Crippen molar-refractivity contribution in [3.63, 3.8) is 0 Å². The number of nitrogens with zero attached hydrogens (tertiary/aromatic N) is 1. The van der Waals surface area contributed by atoms with Crippen molar-refractivity contribution in [1.29, 1.82) is 0 Å². The lowest BCUT2D eigenvalue weighted by molar-refractivity contribution is 0.104. The molecule has 0 amide bonds. The van der Waals surface area contributed by atoms with Crippen LogP contribution in [0.25, 0.3) is 17.0 Å². The Kier molecular flexibility index (Phi) is 3.62. The zero-order valence-electron chi connectivity index (χ0n) is 11.4. The second-order valence-corrected chi connectivity index (χ2v) is 4.76. The molecule has 0 aliphatic heterocycles. The van der Waals surface area contributed by atoms with Crippen LogP contribution in [0.15, 0.2) is 55.0 Å². The van der Waals surface area contributed by atoms with Gasteiger partial charge in [-0.1, -0.05) is 6.07 Å². The van der Waals surface area contributed by atoms with Crippen LogP contribution in [0.1, 0.15) is 21.5 Å². The van der Waals surface area contributed by atoms with Crippen molar-refractivity contribution in [3.8, 4) is 0 Å². The highest BCUT2D eigenvalue weighted by molar-refractivity contribution is 6.07. The molecule has 0 spiro atoms. The van der Waals surface area contributed by atoms with Gasteiger partial charge in [0.1, 0.15) is 0 Å². The highest BCUT2D eigenvalue weighted by Gasteiger charge is 2.04. The first-order chi connectivity index (χ1) is 10.3. The Morgan fingerprint density at radius 1 is 1.24 bits per heavy atom. The Morgan fingerprint density at radius 2 is 2.05 bits per heavy atom. The predicted octanol–water partition coefficient (Wildman–Crippen LogP) is 2.92.